The molecule has 136 valence electrons. The first kappa shape index (κ1) is 18.2. The van der Waals surface area contributed by atoms with Gasteiger partial charge in [0.2, 0.25) is 5.91 Å². The summed E-state index contributed by atoms with van der Waals surface area (Å²) in [6, 6.07) is 7.93. The number of carbonyl (C=O) groups excluding carboxylic acids is 1. The Morgan fingerprint density at radius 2 is 2.12 bits per heavy atom. The fourth-order valence-electron chi connectivity index (χ4n) is 2.24. The van der Waals surface area contributed by atoms with E-state index in [1.807, 2.05) is 0 Å². The predicted molar refractivity (Wildman–Crippen MR) is 91.8 cm³/mol. The van der Waals surface area contributed by atoms with Crippen molar-refractivity contribution in [2.24, 2.45) is 0 Å². The topological polar surface area (TPSA) is 68.0 Å². The van der Waals surface area contributed by atoms with Crippen LogP contribution in [0.2, 0.25) is 0 Å². The van der Waals surface area contributed by atoms with Crippen LogP contribution >= 0.6 is 11.8 Å². The van der Waals surface area contributed by atoms with E-state index in [1.54, 1.807) is 25.3 Å². The largest absolute Gasteiger partial charge is 0.430 e. The highest BCUT2D eigenvalue weighted by atomic mass is 32.2. The normalized spacial score (nSPS) is 12.9. The summed E-state index contributed by atoms with van der Waals surface area (Å²) in [6.45, 7) is 1.80. The third-order valence-corrected chi connectivity index (χ3v) is 4.72. The van der Waals surface area contributed by atoms with Gasteiger partial charge in [0, 0.05) is 11.9 Å². The monoisotopic (exact) mass is 381 g/mol. The first-order valence-corrected chi connectivity index (χ1v) is 8.61. The second-order valence-electron chi connectivity index (χ2n) is 5.39. The van der Waals surface area contributed by atoms with Gasteiger partial charge in [-0.05, 0) is 36.8 Å². The molecule has 0 unspecified atom stereocenters. The first-order valence-electron chi connectivity index (χ1n) is 7.73. The van der Waals surface area contributed by atoms with Crippen LogP contribution in [-0.4, -0.2) is 21.1 Å². The van der Waals surface area contributed by atoms with E-state index < -0.39 is 22.9 Å². The standard InChI is InChI=1S/C17H14F3N3O2S/c1-2-13(26-16-23-14-12(25-16)7-4-8-21-14)15(24)22-11-6-3-5-10(9-11)17(18,19)20/h3-9,13H,2H2,1H3,(H,22,24)/t13-/m1/s1. The van der Waals surface area contributed by atoms with Crippen LogP contribution in [-0.2, 0) is 11.0 Å². The highest BCUT2D eigenvalue weighted by molar-refractivity contribution is 8.00. The molecule has 0 aliphatic rings. The van der Waals surface area contributed by atoms with Crippen molar-refractivity contribution in [2.75, 3.05) is 5.32 Å². The molecular weight excluding hydrogens is 367 g/mol. The van der Waals surface area contributed by atoms with Crippen molar-refractivity contribution in [2.45, 2.75) is 30.0 Å². The number of benzene rings is 1. The first-order chi connectivity index (χ1) is 12.4. The Morgan fingerprint density at radius 3 is 2.81 bits per heavy atom. The number of hydrogen-bond acceptors (Lipinski definition) is 5. The molecule has 1 amide bonds. The summed E-state index contributed by atoms with van der Waals surface area (Å²) < 4.78 is 43.9. The van der Waals surface area contributed by atoms with Gasteiger partial charge >= 0.3 is 6.18 Å². The Bertz CT molecular complexity index is 894. The number of rotatable bonds is 5. The molecule has 2 aromatic heterocycles. The Hall–Kier alpha value is -2.55. The number of hydrogen-bond donors (Lipinski definition) is 1. The summed E-state index contributed by atoms with van der Waals surface area (Å²) in [5.41, 5.74) is 0.204. The van der Waals surface area contributed by atoms with Gasteiger partial charge in [-0.2, -0.15) is 18.2 Å². The highest BCUT2D eigenvalue weighted by Gasteiger charge is 2.30. The summed E-state index contributed by atoms with van der Waals surface area (Å²) in [4.78, 5) is 20.7. The average molecular weight is 381 g/mol. The van der Waals surface area contributed by atoms with Crippen molar-refractivity contribution in [1.82, 2.24) is 9.97 Å². The van der Waals surface area contributed by atoms with E-state index in [0.717, 1.165) is 23.9 Å². The second-order valence-corrected chi connectivity index (χ2v) is 6.54. The fourth-order valence-corrected chi connectivity index (χ4v) is 3.09. The van der Waals surface area contributed by atoms with Crippen LogP contribution in [0.4, 0.5) is 18.9 Å². The molecule has 0 saturated heterocycles. The van der Waals surface area contributed by atoms with Crippen molar-refractivity contribution >= 4 is 34.6 Å². The van der Waals surface area contributed by atoms with E-state index in [-0.39, 0.29) is 10.9 Å². The number of anilines is 1. The minimum Gasteiger partial charge on any atom is -0.430 e. The minimum absolute atomic E-state index is 0.0862. The van der Waals surface area contributed by atoms with Gasteiger partial charge in [-0.25, -0.2) is 4.98 Å². The van der Waals surface area contributed by atoms with Crippen LogP contribution in [0.15, 0.2) is 52.2 Å². The molecule has 0 aliphatic carbocycles. The lowest BCUT2D eigenvalue weighted by molar-refractivity contribution is -0.137. The predicted octanol–water partition coefficient (Wildman–Crippen LogP) is 4.75. The van der Waals surface area contributed by atoms with Crippen molar-refractivity contribution in [3.63, 3.8) is 0 Å². The highest BCUT2D eigenvalue weighted by Crippen LogP contribution is 2.32. The molecule has 1 N–H and O–H groups in total. The van der Waals surface area contributed by atoms with E-state index in [1.165, 1.54) is 12.1 Å². The minimum atomic E-state index is -4.47. The number of nitrogens with one attached hydrogen (secondary N) is 1. The summed E-state index contributed by atoms with van der Waals surface area (Å²) in [7, 11) is 0. The zero-order chi connectivity index (χ0) is 18.7. The number of fused-ring (bicyclic) bond motifs is 1. The summed E-state index contributed by atoms with van der Waals surface area (Å²) in [5.74, 6) is -0.424. The van der Waals surface area contributed by atoms with Gasteiger partial charge in [-0.15, -0.1) is 0 Å². The molecule has 2 heterocycles. The van der Waals surface area contributed by atoms with Crippen LogP contribution in [0, 0.1) is 0 Å². The molecule has 0 fully saturated rings. The molecular formula is C17H14F3N3O2S. The quantitative estimate of drug-likeness (QED) is 0.646. The molecule has 1 atom stereocenters. The number of alkyl halides is 3. The maximum absolute atomic E-state index is 12.8. The van der Waals surface area contributed by atoms with Gasteiger partial charge in [-0.3, -0.25) is 4.79 Å². The average Bonchev–Trinajstić information content (AvgIpc) is 3.01. The summed E-state index contributed by atoms with van der Waals surface area (Å²) >= 11 is 1.10. The number of carbonyl (C=O) groups is 1. The number of amides is 1. The van der Waals surface area contributed by atoms with Crippen LogP contribution in [0.1, 0.15) is 18.9 Å². The molecule has 0 aliphatic heterocycles. The molecule has 0 bridgehead atoms. The van der Waals surface area contributed by atoms with Crippen molar-refractivity contribution in [3.8, 4) is 0 Å². The van der Waals surface area contributed by atoms with Gasteiger partial charge in [-0.1, -0.05) is 24.8 Å². The van der Waals surface area contributed by atoms with Gasteiger partial charge in [0.1, 0.15) is 0 Å². The van der Waals surface area contributed by atoms with E-state index in [4.69, 9.17) is 4.42 Å². The Morgan fingerprint density at radius 1 is 1.31 bits per heavy atom. The van der Waals surface area contributed by atoms with Crippen molar-refractivity contribution in [1.29, 1.82) is 0 Å². The maximum atomic E-state index is 12.8. The molecule has 3 rings (SSSR count). The fraction of sp³-hybridized carbons (Fsp3) is 0.235. The lowest BCUT2D eigenvalue weighted by Crippen LogP contribution is -2.24. The lowest BCUT2D eigenvalue weighted by Gasteiger charge is -2.14. The van der Waals surface area contributed by atoms with Crippen molar-refractivity contribution in [3.05, 3.63) is 48.2 Å². The van der Waals surface area contributed by atoms with Crippen LogP contribution in [0.25, 0.3) is 11.2 Å². The number of oxazole rings is 1. The molecule has 0 radical (unpaired) electrons. The molecule has 26 heavy (non-hydrogen) atoms. The zero-order valence-corrected chi connectivity index (χ0v) is 14.4. The molecule has 1 aromatic carbocycles. The molecule has 5 nitrogen and oxygen atoms in total. The third kappa shape index (κ3) is 4.16. The Labute approximate surface area is 151 Å². The van der Waals surface area contributed by atoms with Crippen LogP contribution in [0.5, 0.6) is 0 Å². The molecule has 9 heteroatoms. The van der Waals surface area contributed by atoms with E-state index in [2.05, 4.69) is 15.3 Å². The molecule has 0 spiro atoms. The second kappa shape index (κ2) is 7.36. The Balaban J connectivity index is 1.73. The maximum Gasteiger partial charge on any atom is 0.416 e. The van der Waals surface area contributed by atoms with Gasteiger partial charge in [0.05, 0.1) is 10.8 Å². The van der Waals surface area contributed by atoms with Crippen LogP contribution < -0.4 is 5.32 Å². The van der Waals surface area contributed by atoms with E-state index in [0.29, 0.717) is 17.7 Å². The van der Waals surface area contributed by atoms with E-state index in [9.17, 15) is 18.0 Å². The summed E-state index contributed by atoms with van der Waals surface area (Å²) in [5, 5.41) is 2.23. The smallest absolute Gasteiger partial charge is 0.416 e. The number of halogens is 3. The van der Waals surface area contributed by atoms with Gasteiger partial charge in [0.15, 0.2) is 11.2 Å². The zero-order valence-electron chi connectivity index (χ0n) is 13.6. The van der Waals surface area contributed by atoms with Gasteiger partial charge < -0.3 is 9.73 Å². The van der Waals surface area contributed by atoms with Crippen LogP contribution in [0.3, 0.4) is 0 Å². The lowest BCUT2D eigenvalue weighted by atomic mass is 10.2. The van der Waals surface area contributed by atoms with Gasteiger partial charge in [0.25, 0.3) is 5.22 Å². The van der Waals surface area contributed by atoms with E-state index >= 15 is 0 Å². The number of nitrogens with zero attached hydrogens (tertiary/aromatic N) is 2. The Kier molecular flexibility index (Phi) is 5.17. The number of aromatic nitrogens is 2. The SMILES string of the molecule is CC[C@@H](Sc1nc2ncccc2o1)C(=O)Nc1cccc(C(F)(F)F)c1. The number of pyridine rings is 1. The number of thioether (sulfide) groups is 1. The molecule has 3 aromatic rings. The molecule has 0 saturated carbocycles. The van der Waals surface area contributed by atoms with Crippen molar-refractivity contribution < 1.29 is 22.4 Å². The summed E-state index contributed by atoms with van der Waals surface area (Å²) in [6.07, 6.45) is -2.44. The third-order valence-electron chi connectivity index (χ3n) is 3.51.